The summed E-state index contributed by atoms with van der Waals surface area (Å²) in [6.45, 7) is 6.16. The lowest BCUT2D eigenvalue weighted by Crippen LogP contribution is -2.45. The molecule has 3 rings (SSSR count). The number of hydrogen-bond donors (Lipinski definition) is 2. The van der Waals surface area contributed by atoms with Crippen LogP contribution in [0.4, 0.5) is 14.3 Å². The summed E-state index contributed by atoms with van der Waals surface area (Å²) in [7, 11) is 0. The topological polar surface area (TPSA) is 82.5 Å². The number of amides is 2. The summed E-state index contributed by atoms with van der Waals surface area (Å²) in [4.78, 5) is 31.7. The number of hydrogen-bond acceptors (Lipinski definition) is 6. The van der Waals surface area contributed by atoms with E-state index in [1.165, 1.54) is 35.2 Å². The van der Waals surface area contributed by atoms with Crippen molar-refractivity contribution in [3.05, 3.63) is 36.3 Å². The van der Waals surface area contributed by atoms with Crippen molar-refractivity contribution in [2.45, 2.75) is 72.8 Å². The number of thiazole rings is 1. The predicted octanol–water partition coefficient (Wildman–Crippen LogP) is 6.83. The third kappa shape index (κ3) is 7.88. The van der Waals surface area contributed by atoms with Gasteiger partial charge < -0.3 is 10.0 Å². The summed E-state index contributed by atoms with van der Waals surface area (Å²) in [5.41, 5.74) is 0. The lowest BCUT2D eigenvalue weighted by Gasteiger charge is -2.36. The SMILES string of the molecule is CC1CCC(N(CCCSc2cccc(F)c2)C(=O)Nc2ncc(SC(C)(C)C(=O)O)s2)CC1. The summed E-state index contributed by atoms with van der Waals surface area (Å²) in [6, 6.07) is 6.59. The average Bonchev–Trinajstić information content (AvgIpc) is 3.20. The van der Waals surface area contributed by atoms with Crippen molar-refractivity contribution in [2.24, 2.45) is 5.92 Å². The lowest BCUT2D eigenvalue weighted by molar-refractivity contribution is -0.138. The van der Waals surface area contributed by atoms with Crippen LogP contribution in [0.2, 0.25) is 0 Å². The highest BCUT2D eigenvalue weighted by Crippen LogP contribution is 2.37. The second kappa shape index (κ2) is 12.3. The van der Waals surface area contributed by atoms with Crippen LogP contribution in [0, 0.1) is 11.7 Å². The molecule has 186 valence electrons. The Kier molecular flexibility index (Phi) is 9.67. The normalized spacial score (nSPS) is 18.5. The molecule has 0 bridgehead atoms. The van der Waals surface area contributed by atoms with Crippen molar-refractivity contribution in [1.29, 1.82) is 0 Å². The lowest BCUT2D eigenvalue weighted by atomic mass is 9.86. The predicted molar refractivity (Wildman–Crippen MR) is 139 cm³/mol. The van der Waals surface area contributed by atoms with Gasteiger partial charge >= 0.3 is 12.0 Å². The molecular weight excluding hydrogens is 493 g/mol. The van der Waals surface area contributed by atoms with E-state index in [4.69, 9.17) is 0 Å². The van der Waals surface area contributed by atoms with Crippen molar-refractivity contribution in [3.8, 4) is 0 Å². The molecule has 2 N–H and O–H groups in total. The largest absolute Gasteiger partial charge is 0.480 e. The van der Waals surface area contributed by atoms with Gasteiger partial charge in [0, 0.05) is 17.5 Å². The molecule has 0 spiro atoms. The van der Waals surface area contributed by atoms with Crippen molar-refractivity contribution in [3.63, 3.8) is 0 Å². The molecule has 0 unspecified atom stereocenters. The highest BCUT2D eigenvalue weighted by Gasteiger charge is 2.30. The maximum absolute atomic E-state index is 13.4. The monoisotopic (exact) mass is 525 g/mol. The molecule has 1 heterocycles. The number of urea groups is 1. The standard InChI is InChI=1S/C24H32FN3O3S3/c1-16-8-10-18(11-9-16)28(12-5-13-32-19-7-4-6-17(25)14-19)23(31)27-22-26-15-20(33-22)34-24(2,3)21(29)30/h4,6-7,14-16,18H,5,8-13H2,1-3H3,(H,29,30)(H,26,27,31). The van der Waals surface area contributed by atoms with Crippen LogP contribution in [0.5, 0.6) is 0 Å². The zero-order valence-electron chi connectivity index (χ0n) is 19.8. The third-order valence-electron chi connectivity index (χ3n) is 5.86. The molecule has 6 nitrogen and oxygen atoms in total. The third-order valence-corrected chi connectivity index (χ3v) is 9.14. The number of carbonyl (C=O) groups excluding carboxylic acids is 1. The number of nitrogens with one attached hydrogen (secondary N) is 1. The Morgan fingerprint density at radius 2 is 2.03 bits per heavy atom. The number of carboxylic acid groups (broad SMARTS) is 1. The van der Waals surface area contributed by atoms with E-state index in [1.807, 2.05) is 11.0 Å². The second-order valence-electron chi connectivity index (χ2n) is 9.10. The van der Waals surface area contributed by atoms with Gasteiger partial charge in [-0.3, -0.25) is 10.1 Å². The Labute approximate surface area is 213 Å². The van der Waals surface area contributed by atoms with E-state index < -0.39 is 10.7 Å². The minimum Gasteiger partial charge on any atom is -0.480 e. The number of nitrogens with zero attached hydrogens (tertiary/aromatic N) is 2. The first-order valence-corrected chi connectivity index (χ1v) is 14.1. The zero-order valence-corrected chi connectivity index (χ0v) is 22.2. The molecule has 1 saturated carbocycles. The first-order valence-electron chi connectivity index (χ1n) is 11.5. The van der Waals surface area contributed by atoms with Gasteiger partial charge in [-0.1, -0.05) is 36.1 Å². The van der Waals surface area contributed by atoms with Gasteiger partial charge in [0.1, 0.15) is 10.6 Å². The number of thioether (sulfide) groups is 2. The molecule has 2 amide bonds. The fourth-order valence-corrected chi connectivity index (χ4v) is 6.95. The van der Waals surface area contributed by atoms with Crippen LogP contribution in [-0.2, 0) is 4.79 Å². The van der Waals surface area contributed by atoms with Gasteiger partial charge in [-0.15, -0.1) is 11.8 Å². The van der Waals surface area contributed by atoms with Crippen LogP contribution in [0.3, 0.4) is 0 Å². The number of anilines is 1. The number of carbonyl (C=O) groups is 2. The van der Waals surface area contributed by atoms with E-state index in [9.17, 15) is 19.1 Å². The quantitative estimate of drug-likeness (QED) is 0.261. The average molecular weight is 526 g/mol. The molecule has 1 aliphatic carbocycles. The zero-order chi connectivity index (χ0) is 24.7. The van der Waals surface area contributed by atoms with Crippen LogP contribution >= 0.6 is 34.9 Å². The van der Waals surface area contributed by atoms with Crippen molar-refractivity contribution in [2.75, 3.05) is 17.6 Å². The summed E-state index contributed by atoms with van der Waals surface area (Å²) in [5.74, 6) is 0.333. The maximum Gasteiger partial charge on any atom is 0.323 e. The summed E-state index contributed by atoms with van der Waals surface area (Å²) in [5, 5.41) is 12.7. The molecule has 1 aliphatic rings. The summed E-state index contributed by atoms with van der Waals surface area (Å²) in [6.07, 6.45) is 6.59. The second-order valence-corrected chi connectivity index (χ2v) is 13.2. The number of aromatic nitrogens is 1. The van der Waals surface area contributed by atoms with Gasteiger partial charge in [-0.25, -0.2) is 14.2 Å². The molecule has 0 atom stereocenters. The highest BCUT2D eigenvalue weighted by atomic mass is 32.2. The number of halogens is 1. The van der Waals surface area contributed by atoms with E-state index in [2.05, 4.69) is 17.2 Å². The van der Waals surface area contributed by atoms with Gasteiger partial charge in [0.2, 0.25) is 0 Å². The first-order chi connectivity index (χ1) is 16.1. The minimum absolute atomic E-state index is 0.168. The van der Waals surface area contributed by atoms with Gasteiger partial charge in [0.05, 0.1) is 10.4 Å². The van der Waals surface area contributed by atoms with E-state index in [0.717, 1.165) is 47.0 Å². The van der Waals surface area contributed by atoms with E-state index in [1.54, 1.807) is 37.9 Å². The van der Waals surface area contributed by atoms with Crippen molar-refractivity contribution >= 4 is 52.0 Å². The van der Waals surface area contributed by atoms with Gasteiger partial charge in [-0.2, -0.15) is 0 Å². The minimum atomic E-state index is -0.974. The molecule has 34 heavy (non-hydrogen) atoms. The summed E-state index contributed by atoms with van der Waals surface area (Å²) < 4.78 is 13.2. The fourth-order valence-electron chi connectivity index (χ4n) is 3.81. The molecule has 1 aromatic carbocycles. The molecule has 0 saturated heterocycles. The smallest absolute Gasteiger partial charge is 0.323 e. The molecule has 2 aromatic rings. The Hall–Kier alpha value is -1.78. The van der Waals surface area contributed by atoms with E-state index in [-0.39, 0.29) is 17.9 Å². The first kappa shape index (κ1) is 26.8. The molecule has 0 aliphatic heterocycles. The molecule has 1 aromatic heterocycles. The van der Waals surface area contributed by atoms with Crippen LogP contribution in [0.25, 0.3) is 0 Å². The molecule has 1 fully saturated rings. The summed E-state index contributed by atoms with van der Waals surface area (Å²) >= 11 is 4.09. The van der Waals surface area contributed by atoms with Crippen LogP contribution in [0.15, 0.2) is 39.6 Å². The Morgan fingerprint density at radius 3 is 2.71 bits per heavy atom. The fraction of sp³-hybridized carbons (Fsp3) is 0.542. The van der Waals surface area contributed by atoms with Gasteiger partial charge in [-0.05, 0) is 75.8 Å². The molecule has 10 heteroatoms. The van der Waals surface area contributed by atoms with Gasteiger partial charge in [0.25, 0.3) is 0 Å². The number of benzene rings is 1. The van der Waals surface area contributed by atoms with E-state index in [0.29, 0.717) is 17.6 Å². The maximum atomic E-state index is 13.4. The highest BCUT2D eigenvalue weighted by molar-refractivity contribution is 8.03. The number of aliphatic carboxylic acids is 1. The van der Waals surface area contributed by atoms with Crippen LogP contribution in [0.1, 0.15) is 52.9 Å². The number of carboxylic acids is 1. The van der Waals surface area contributed by atoms with Gasteiger partial charge in [0.15, 0.2) is 5.13 Å². The van der Waals surface area contributed by atoms with Crippen LogP contribution < -0.4 is 5.32 Å². The van der Waals surface area contributed by atoms with Crippen molar-refractivity contribution < 1.29 is 19.1 Å². The molecule has 0 radical (unpaired) electrons. The number of rotatable bonds is 10. The Balaban J connectivity index is 1.60. The van der Waals surface area contributed by atoms with E-state index >= 15 is 0 Å². The molecular formula is C24H32FN3O3S3. The van der Waals surface area contributed by atoms with Crippen molar-refractivity contribution in [1.82, 2.24) is 9.88 Å². The Morgan fingerprint density at radius 1 is 1.29 bits per heavy atom. The Bertz CT molecular complexity index is 977. The van der Waals surface area contributed by atoms with Crippen LogP contribution in [-0.4, -0.2) is 50.1 Å².